The maximum Gasteiger partial charge on any atom is 0.407 e. The van der Waals surface area contributed by atoms with Crippen LogP contribution in [0.5, 0.6) is 0 Å². The Morgan fingerprint density at radius 2 is 1.47 bits per heavy atom. The van der Waals surface area contributed by atoms with Crippen LogP contribution in [0.25, 0.3) is 0 Å². The molecule has 1 unspecified atom stereocenters. The van der Waals surface area contributed by atoms with Gasteiger partial charge < -0.3 is 48.1 Å². The van der Waals surface area contributed by atoms with E-state index in [1.54, 1.807) is 78.8 Å². The summed E-state index contributed by atoms with van der Waals surface area (Å²) in [6.45, 7) is 29.2. The van der Waals surface area contributed by atoms with Crippen molar-refractivity contribution in [1.29, 1.82) is 0 Å². The van der Waals surface area contributed by atoms with Crippen LogP contribution < -0.4 is 5.32 Å². The first kappa shape index (κ1) is 57.4. The summed E-state index contributed by atoms with van der Waals surface area (Å²) in [4.78, 5) is 72.9. The number of alkyl carbamates (subject to hydrolysis) is 1. The Bertz CT molecular complexity index is 2080. The number of hydrogen-bond donors (Lipinski definition) is 3. The molecule has 3 fully saturated rings. The van der Waals surface area contributed by atoms with Crippen LogP contribution in [0.2, 0.25) is 36.3 Å². The maximum atomic E-state index is 16.0. The number of amides is 1. The number of aliphatic hydroxyl groups is 2. The van der Waals surface area contributed by atoms with Crippen molar-refractivity contribution < 1.29 is 66.7 Å². The summed E-state index contributed by atoms with van der Waals surface area (Å²) >= 11 is 0. The van der Waals surface area contributed by atoms with Gasteiger partial charge in [-0.15, -0.1) is 0 Å². The lowest BCUT2D eigenvalue weighted by Gasteiger charge is -2.68. The maximum absolute atomic E-state index is 16.0. The first-order valence-electron chi connectivity index (χ1n) is 25.8. The molecule has 4 aliphatic rings. The summed E-state index contributed by atoms with van der Waals surface area (Å²) in [6.07, 6.45) is -8.66. The number of carbonyl (C=O) groups excluding carboxylic acids is 5. The van der Waals surface area contributed by atoms with E-state index in [2.05, 4.69) is 26.1 Å². The van der Waals surface area contributed by atoms with Crippen molar-refractivity contribution in [2.75, 3.05) is 6.61 Å². The largest absolute Gasteiger partial charge is 0.456 e. The van der Waals surface area contributed by atoms with E-state index in [0.29, 0.717) is 30.1 Å². The fourth-order valence-electron chi connectivity index (χ4n) is 12.2. The van der Waals surface area contributed by atoms with Gasteiger partial charge in [0.05, 0.1) is 35.6 Å². The second-order valence-corrected chi connectivity index (χ2v) is 32.0. The number of ether oxygens (including phenoxy) is 5. The van der Waals surface area contributed by atoms with Crippen LogP contribution in [0, 0.1) is 22.7 Å². The monoisotopic (exact) mass is 1020 g/mol. The molecule has 3 aliphatic carbocycles. The molecule has 15 nitrogen and oxygen atoms in total. The molecule has 1 saturated heterocycles. The zero-order valence-corrected chi connectivity index (χ0v) is 46.9. The molecule has 2 bridgehead atoms. The van der Waals surface area contributed by atoms with Crippen molar-refractivity contribution in [3.05, 3.63) is 47.0 Å². The number of rotatable bonds is 19. The minimum Gasteiger partial charge on any atom is -0.456 e. The molecule has 5 rings (SSSR count). The number of ketones is 1. The van der Waals surface area contributed by atoms with E-state index in [1.165, 1.54) is 6.92 Å². The number of hydrogen-bond acceptors (Lipinski definition) is 14. The Morgan fingerprint density at radius 3 is 1.96 bits per heavy atom. The highest BCUT2D eigenvalue weighted by atomic mass is 28.4. The number of fused-ring (bicyclic) bond motifs is 5. The number of aliphatic hydroxyl groups excluding tert-OH is 1. The van der Waals surface area contributed by atoms with Gasteiger partial charge in [0.2, 0.25) is 0 Å². The van der Waals surface area contributed by atoms with E-state index < -0.39 is 123 Å². The van der Waals surface area contributed by atoms with Crippen molar-refractivity contribution in [3.8, 4) is 0 Å². The molecule has 17 heteroatoms. The lowest BCUT2D eigenvalue weighted by molar-refractivity contribution is -0.344. The second kappa shape index (κ2) is 21.6. The first-order valence-corrected chi connectivity index (χ1v) is 30.9. The van der Waals surface area contributed by atoms with Gasteiger partial charge in [0, 0.05) is 25.2 Å². The average Bonchev–Trinajstić information content (AvgIpc) is 3.28. The van der Waals surface area contributed by atoms with Gasteiger partial charge in [-0.25, -0.2) is 14.4 Å². The zero-order valence-electron chi connectivity index (χ0n) is 44.9. The highest BCUT2D eigenvalue weighted by Crippen LogP contribution is 2.65. The van der Waals surface area contributed by atoms with Crippen molar-refractivity contribution in [2.24, 2.45) is 22.7 Å². The molecule has 0 spiro atoms. The summed E-state index contributed by atoms with van der Waals surface area (Å²) in [5.41, 5.74) is -7.48. The van der Waals surface area contributed by atoms with Crippen molar-refractivity contribution >= 4 is 46.4 Å². The molecular weight excluding hydrogens is 931 g/mol. The smallest absolute Gasteiger partial charge is 0.407 e. The summed E-state index contributed by atoms with van der Waals surface area (Å²) in [7, 11) is -5.22. The van der Waals surface area contributed by atoms with E-state index in [0.717, 1.165) is 18.1 Å². The van der Waals surface area contributed by atoms with Gasteiger partial charge in [-0.05, 0) is 107 Å². The van der Waals surface area contributed by atoms with Crippen LogP contribution in [-0.2, 0) is 46.9 Å². The van der Waals surface area contributed by atoms with Crippen molar-refractivity contribution in [3.63, 3.8) is 0 Å². The molecule has 1 heterocycles. The van der Waals surface area contributed by atoms with E-state index >= 15 is 9.59 Å². The van der Waals surface area contributed by atoms with Gasteiger partial charge in [0.25, 0.3) is 0 Å². The van der Waals surface area contributed by atoms with Crippen LogP contribution in [0.4, 0.5) is 4.79 Å². The van der Waals surface area contributed by atoms with Crippen LogP contribution in [-0.4, -0.2) is 123 Å². The van der Waals surface area contributed by atoms with Gasteiger partial charge in [0.15, 0.2) is 34.1 Å². The van der Waals surface area contributed by atoms with Crippen molar-refractivity contribution in [1.82, 2.24) is 5.32 Å². The molecule has 3 N–H and O–H groups in total. The Kier molecular flexibility index (Phi) is 17.7. The average molecular weight is 1020 g/mol. The number of nitrogens with one attached hydrogen (secondary N) is 1. The zero-order chi connectivity index (χ0) is 52.6. The molecule has 0 aromatic heterocycles. The number of esters is 3. The standard InChI is InChI=1S/C53H85NO14Si2/c1-17-69(18-2,19-3)67-38-29-39-52(31-62-39,65-34(10)55)43-45(64-46(58)35-26-24-23-25-27-35)53(61)30-37(33(9)40(50(53,14)15)41(56)44(57)51(38,43)16)63-47(59)42(68-70(20-4,21-5)22-6)36(28-32(7)8)54-48(60)66-49(11,12)13/h23-27,32,36-39,41-43,45,56,61H,17-22,28-31H2,1-16H3,(H,54,60)/t36-,37-,38-,39+,41+,42?,43-,45-,51+,52-,53+/m0/s1. The lowest BCUT2D eigenvalue weighted by atomic mass is 9.44. The second-order valence-electron chi connectivity index (χ2n) is 22.6. The molecule has 1 aromatic rings. The quantitative estimate of drug-likeness (QED) is 0.0513. The number of benzene rings is 1. The Labute approximate surface area is 419 Å². The van der Waals surface area contributed by atoms with E-state index in [-0.39, 0.29) is 36.5 Å². The summed E-state index contributed by atoms with van der Waals surface area (Å²) in [6, 6.07) is 11.6. The van der Waals surface area contributed by atoms with Crippen molar-refractivity contribution in [2.45, 2.75) is 226 Å². The molecule has 1 amide bonds. The highest BCUT2D eigenvalue weighted by Gasteiger charge is 2.78. The van der Waals surface area contributed by atoms with Crippen LogP contribution in [0.15, 0.2) is 41.5 Å². The normalized spacial score (nSPS) is 30.6. The fourth-order valence-corrected chi connectivity index (χ4v) is 18.0. The highest BCUT2D eigenvalue weighted by molar-refractivity contribution is 6.74. The van der Waals surface area contributed by atoms with Crippen LogP contribution >= 0.6 is 0 Å². The molecule has 11 atom stereocenters. The summed E-state index contributed by atoms with van der Waals surface area (Å²) in [5, 5.41) is 30.0. The lowest BCUT2D eigenvalue weighted by Crippen LogP contribution is -2.82. The molecule has 1 aliphatic heterocycles. The van der Waals surface area contributed by atoms with Crippen LogP contribution in [0.1, 0.15) is 140 Å². The van der Waals surface area contributed by atoms with E-state index in [1.807, 2.05) is 34.6 Å². The van der Waals surface area contributed by atoms with Gasteiger partial charge >= 0.3 is 24.0 Å². The minimum absolute atomic E-state index is 0.0195. The predicted molar refractivity (Wildman–Crippen MR) is 270 cm³/mol. The third-order valence-corrected chi connectivity index (χ3v) is 26.1. The minimum atomic E-state index is -2.64. The topological polar surface area (TPSA) is 202 Å². The summed E-state index contributed by atoms with van der Waals surface area (Å²) in [5.74, 6) is -4.37. The van der Waals surface area contributed by atoms with Gasteiger partial charge in [-0.1, -0.05) is 87.4 Å². The molecule has 1 aromatic carbocycles. The van der Waals surface area contributed by atoms with Gasteiger partial charge in [-0.2, -0.15) is 0 Å². The molecule has 394 valence electrons. The SMILES string of the molecule is CC[Si](CC)(CC)OC(C(=O)O[C@H]1C[C@@]2(O)[C@@H](OC(=O)c3ccccc3)[C@@H]3[C@]4(OC(C)=O)CO[C@@H]4C[C@H](O[Si](CC)(CC)CC)[C@@]3(C)C(=O)[C@H](O)C(=C1C)C2(C)C)[C@H](CC(C)C)NC(=O)OC(C)(C)C. The van der Waals surface area contributed by atoms with E-state index in [4.69, 9.17) is 32.5 Å². The Morgan fingerprint density at radius 1 is 0.900 bits per heavy atom. The third kappa shape index (κ3) is 10.6. The number of carbonyl (C=O) groups is 5. The van der Waals surface area contributed by atoms with Gasteiger partial charge in [-0.3, -0.25) is 9.59 Å². The fraction of sp³-hybridized carbons (Fsp3) is 0.755. The third-order valence-electron chi connectivity index (χ3n) is 16.8. The van der Waals surface area contributed by atoms with Gasteiger partial charge in [0.1, 0.15) is 35.6 Å². The van der Waals surface area contributed by atoms with E-state index in [9.17, 15) is 24.6 Å². The summed E-state index contributed by atoms with van der Waals surface area (Å²) < 4.78 is 45.9. The number of Topliss-reactive ketones (excluding diaryl/α,β-unsaturated/α-hetero) is 1. The molecule has 70 heavy (non-hydrogen) atoms. The Hall–Kier alpha value is -3.46. The molecular formula is C53H85NO14Si2. The molecule has 0 radical (unpaired) electrons. The predicted octanol–water partition coefficient (Wildman–Crippen LogP) is 8.99. The first-order chi connectivity index (χ1) is 32.5. The molecule has 2 saturated carbocycles. The Balaban J connectivity index is 1.79. The van der Waals surface area contributed by atoms with Crippen LogP contribution in [0.3, 0.4) is 0 Å².